The fraction of sp³-hybridized carbons (Fsp3) is 0.400. The quantitative estimate of drug-likeness (QED) is 0.604. The van der Waals surface area contributed by atoms with Gasteiger partial charge in [-0.05, 0) is 6.92 Å². The first kappa shape index (κ1) is 14.7. The molecule has 1 aromatic heterocycles. The summed E-state index contributed by atoms with van der Waals surface area (Å²) in [4.78, 5) is 25.3. The molecule has 0 atom stereocenters. The van der Waals surface area contributed by atoms with Gasteiger partial charge >= 0.3 is 0 Å². The fourth-order valence-corrected chi connectivity index (χ4v) is 1.32. The van der Waals surface area contributed by atoms with Crippen LogP contribution in [0.5, 0.6) is 0 Å². The fourth-order valence-electron chi connectivity index (χ4n) is 1.32. The molecule has 0 spiro atoms. The van der Waals surface area contributed by atoms with E-state index in [4.69, 9.17) is 0 Å². The zero-order chi connectivity index (χ0) is 14.4. The van der Waals surface area contributed by atoms with Crippen molar-refractivity contribution in [2.24, 2.45) is 0 Å². The van der Waals surface area contributed by atoms with Crippen LogP contribution < -0.4 is 10.6 Å². The molecule has 0 aromatic carbocycles. The maximum absolute atomic E-state index is 12.0. The van der Waals surface area contributed by atoms with Crippen LogP contribution in [0.1, 0.15) is 17.3 Å². The van der Waals surface area contributed by atoms with E-state index in [0.29, 0.717) is 6.54 Å². The lowest BCUT2D eigenvalue weighted by Crippen LogP contribution is -2.29. The Balaban J connectivity index is 3.02. The van der Waals surface area contributed by atoms with Crippen LogP contribution in [0.3, 0.4) is 0 Å². The molecule has 9 heteroatoms. The van der Waals surface area contributed by atoms with Crippen LogP contribution in [0, 0.1) is 10.1 Å². The molecule has 0 bridgehead atoms. The predicted octanol–water partition coefficient (Wildman–Crippen LogP) is 1.42. The van der Waals surface area contributed by atoms with E-state index in [1.165, 1.54) is 0 Å². The summed E-state index contributed by atoms with van der Waals surface area (Å²) in [5, 5.41) is 15.4. The van der Waals surface area contributed by atoms with Gasteiger partial charge in [-0.25, -0.2) is 13.8 Å². The number of halogens is 2. The van der Waals surface area contributed by atoms with Gasteiger partial charge in [-0.3, -0.25) is 14.9 Å². The van der Waals surface area contributed by atoms with Gasteiger partial charge in [-0.1, -0.05) is 0 Å². The first-order chi connectivity index (χ1) is 8.95. The van der Waals surface area contributed by atoms with Crippen LogP contribution in [-0.4, -0.2) is 35.3 Å². The third-order valence-electron chi connectivity index (χ3n) is 2.10. The zero-order valence-electron chi connectivity index (χ0n) is 10.0. The van der Waals surface area contributed by atoms with E-state index in [1.54, 1.807) is 6.92 Å². The van der Waals surface area contributed by atoms with Crippen LogP contribution in [0.25, 0.3) is 0 Å². The van der Waals surface area contributed by atoms with E-state index >= 15 is 0 Å². The van der Waals surface area contributed by atoms with E-state index in [2.05, 4.69) is 10.3 Å². The Hall–Kier alpha value is -2.32. The van der Waals surface area contributed by atoms with Gasteiger partial charge in [-0.15, -0.1) is 0 Å². The number of anilines is 1. The molecule has 2 N–H and O–H groups in total. The molecule has 0 aliphatic rings. The van der Waals surface area contributed by atoms with Crippen LogP contribution in [0.15, 0.2) is 12.3 Å². The Bertz CT molecular complexity index is 482. The molecule has 1 amide bonds. The van der Waals surface area contributed by atoms with Gasteiger partial charge in [0.1, 0.15) is 17.6 Å². The van der Waals surface area contributed by atoms with E-state index in [0.717, 1.165) is 12.3 Å². The van der Waals surface area contributed by atoms with Gasteiger partial charge in [0.05, 0.1) is 11.5 Å². The number of pyridine rings is 1. The summed E-state index contributed by atoms with van der Waals surface area (Å²) in [6, 6.07) is 1.16. The van der Waals surface area contributed by atoms with Crippen molar-refractivity contribution in [3.8, 4) is 0 Å². The second kappa shape index (κ2) is 6.57. The molecule has 0 aliphatic carbocycles. The minimum Gasteiger partial charge on any atom is -0.370 e. The molecule has 104 valence electrons. The molecular formula is C10H12F2N4O3. The number of rotatable bonds is 6. The molecule has 0 aliphatic heterocycles. The summed E-state index contributed by atoms with van der Waals surface area (Å²) in [6.45, 7) is 1.41. The van der Waals surface area contributed by atoms with E-state index in [9.17, 15) is 23.7 Å². The summed E-state index contributed by atoms with van der Waals surface area (Å²) in [5.74, 6) is -0.677. The Morgan fingerprint density at radius 3 is 2.79 bits per heavy atom. The monoisotopic (exact) mass is 274 g/mol. The number of carbonyl (C=O) groups excluding carboxylic acids is 1. The molecule has 1 heterocycles. The summed E-state index contributed by atoms with van der Waals surface area (Å²) < 4.78 is 24.0. The average Bonchev–Trinajstić information content (AvgIpc) is 2.36. The minimum atomic E-state index is -2.72. The van der Waals surface area contributed by atoms with E-state index in [1.807, 2.05) is 5.32 Å². The highest BCUT2D eigenvalue weighted by Gasteiger charge is 2.22. The molecule has 0 fully saturated rings. The third kappa shape index (κ3) is 4.12. The van der Waals surface area contributed by atoms with Crippen LogP contribution in [0.2, 0.25) is 0 Å². The van der Waals surface area contributed by atoms with Gasteiger partial charge < -0.3 is 10.6 Å². The van der Waals surface area contributed by atoms with Crippen molar-refractivity contribution in [3.63, 3.8) is 0 Å². The van der Waals surface area contributed by atoms with Crippen molar-refractivity contribution in [2.45, 2.75) is 13.3 Å². The SMILES string of the molecule is CCNc1cc(C(=O)NCC(F)F)c([N+](=O)[O-])cn1. The lowest BCUT2D eigenvalue weighted by molar-refractivity contribution is -0.385. The highest BCUT2D eigenvalue weighted by molar-refractivity contribution is 5.98. The van der Waals surface area contributed by atoms with E-state index in [-0.39, 0.29) is 11.4 Å². The smallest absolute Gasteiger partial charge is 0.300 e. The van der Waals surface area contributed by atoms with Gasteiger partial charge in [0.25, 0.3) is 18.0 Å². The number of nitrogens with one attached hydrogen (secondary N) is 2. The summed E-state index contributed by atoms with van der Waals surface area (Å²) in [6.07, 6.45) is -1.81. The summed E-state index contributed by atoms with van der Waals surface area (Å²) in [5.41, 5.74) is -0.843. The highest BCUT2D eigenvalue weighted by atomic mass is 19.3. The molecule has 19 heavy (non-hydrogen) atoms. The van der Waals surface area contributed by atoms with Crippen molar-refractivity contribution in [3.05, 3.63) is 27.9 Å². The molecule has 1 aromatic rings. The van der Waals surface area contributed by atoms with Crippen LogP contribution in [-0.2, 0) is 0 Å². The van der Waals surface area contributed by atoms with Crippen molar-refractivity contribution >= 4 is 17.4 Å². The number of nitro groups is 1. The maximum Gasteiger partial charge on any atom is 0.300 e. The van der Waals surface area contributed by atoms with Crippen molar-refractivity contribution in [2.75, 3.05) is 18.4 Å². The Kier molecular flexibility index (Phi) is 5.10. The molecular weight excluding hydrogens is 262 g/mol. The van der Waals surface area contributed by atoms with Crippen molar-refractivity contribution in [1.82, 2.24) is 10.3 Å². The molecule has 0 radical (unpaired) electrons. The maximum atomic E-state index is 12.0. The number of hydrogen-bond donors (Lipinski definition) is 2. The highest BCUT2D eigenvalue weighted by Crippen LogP contribution is 2.20. The number of carbonyl (C=O) groups is 1. The molecule has 7 nitrogen and oxygen atoms in total. The van der Waals surface area contributed by atoms with Gasteiger partial charge in [0.2, 0.25) is 0 Å². The molecule has 0 saturated carbocycles. The Labute approximate surface area is 107 Å². The Morgan fingerprint density at radius 1 is 1.58 bits per heavy atom. The normalized spacial score (nSPS) is 10.3. The topological polar surface area (TPSA) is 97.2 Å². The standard InChI is InChI=1S/C10H12F2N4O3/c1-2-13-9-3-6(7(4-14-9)16(18)19)10(17)15-5-8(11)12/h3-4,8H,2,5H2,1H3,(H,13,14)(H,15,17). The van der Waals surface area contributed by atoms with Crippen molar-refractivity contribution in [1.29, 1.82) is 0 Å². The minimum absolute atomic E-state index is 0.260. The second-order valence-electron chi connectivity index (χ2n) is 3.48. The number of hydrogen-bond acceptors (Lipinski definition) is 5. The zero-order valence-corrected chi connectivity index (χ0v) is 10.0. The average molecular weight is 274 g/mol. The number of aromatic nitrogens is 1. The van der Waals surface area contributed by atoms with E-state index < -0.39 is 29.5 Å². The number of nitrogens with zero attached hydrogens (tertiary/aromatic N) is 2. The Morgan fingerprint density at radius 2 is 2.26 bits per heavy atom. The summed E-state index contributed by atoms with van der Waals surface area (Å²) in [7, 11) is 0. The number of alkyl halides is 2. The van der Waals surface area contributed by atoms with Gasteiger partial charge in [-0.2, -0.15) is 0 Å². The first-order valence-corrected chi connectivity index (χ1v) is 5.40. The van der Waals surface area contributed by atoms with Crippen LogP contribution >= 0.6 is 0 Å². The predicted molar refractivity (Wildman–Crippen MR) is 63.4 cm³/mol. The summed E-state index contributed by atoms with van der Waals surface area (Å²) >= 11 is 0. The molecule has 0 saturated heterocycles. The third-order valence-corrected chi connectivity index (χ3v) is 2.10. The number of amides is 1. The lowest BCUT2D eigenvalue weighted by atomic mass is 10.2. The lowest BCUT2D eigenvalue weighted by Gasteiger charge is -2.07. The van der Waals surface area contributed by atoms with Gasteiger partial charge in [0, 0.05) is 12.6 Å². The van der Waals surface area contributed by atoms with Crippen molar-refractivity contribution < 1.29 is 18.5 Å². The second-order valence-corrected chi connectivity index (χ2v) is 3.48. The first-order valence-electron chi connectivity index (χ1n) is 5.40. The largest absolute Gasteiger partial charge is 0.370 e. The van der Waals surface area contributed by atoms with Crippen LogP contribution in [0.4, 0.5) is 20.3 Å². The molecule has 0 unspecified atom stereocenters. The molecule has 1 rings (SSSR count). The van der Waals surface area contributed by atoms with Gasteiger partial charge in [0.15, 0.2) is 0 Å².